The number of rotatable bonds is 3. The van der Waals surface area contributed by atoms with Gasteiger partial charge in [0.05, 0.1) is 0 Å². The van der Waals surface area contributed by atoms with Crippen LogP contribution in [0.5, 0.6) is 0 Å². The van der Waals surface area contributed by atoms with Crippen LogP contribution in [0.3, 0.4) is 0 Å². The molecule has 0 aliphatic rings. The molecule has 90 valence electrons. The minimum atomic E-state index is -1.39. The van der Waals surface area contributed by atoms with Crippen LogP contribution in [0.1, 0.15) is 54.4 Å². The lowest BCUT2D eigenvalue weighted by atomic mass is 9.89. The van der Waals surface area contributed by atoms with Gasteiger partial charge >= 0.3 is 0 Å². The number of carbonyl (C=O) groups is 1. The molecule has 0 fully saturated rings. The molecule has 2 nitrogen and oxygen atoms in total. The quantitative estimate of drug-likeness (QED) is 0.773. The molecule has 0 spiro atoms. The van der Waals surface area contributed by atoms with E-state index in [1.807, 2.05) is 41.5 Å². The lowest BCUT2D eigenvalue weighted by molar-refractivity contribution is -0.127. The molecular formula is C12H24FNO. The van der Waals surface area contributed by atoms with Crippen molar-refractivity contribution in [1.29, 1.82) is 0 Å². The van der Waals surface area contributed by atoms with Gasteiger partial charge in [-0.25, -0.2) is 4.39 Å². The summed E-state index contributed by atoms with van der Waals surface area (Å²) < 4.78 is 13.4. The Morgan fingerprint density at radius 1 is 1.20 bits per heavy atom. The van der Waals surface area contributed by atoms with Crippen molar-refractivity contribution in [2.45, 2.75) is 66.1 Å². The zero-order chi connectivity index (χ0) is 12.3. The lowest BCUT2D eigenvalue weighted by Gasteiger charge is -2.23. The van der Waals surface area contributed by atoms with E-state index in [0.29, 0.717) is 12.8 Å². The average molecular weight is 217 g/mol. The first kappa shape index (κ1) is 14.4. The topological polar surface area (TPSA) is 29.1 Å². The largest absolute Gasteiger partial charge is 0.349 e. The van der Waals surface area contributed by atoms with Gasteiger partial charge in [-0.1, -0.05) is 20.8 Å². The molecule has 1 amide bonds. The Balaban J connectivity index is 4.01. The highest BCUT2D eigenvalue weighted by Crippen LogP contribution is 2.22. The van der Waals surface area contributed by atoms with Gasteiger partial charge in [-0.2, -0.15) is 0 Å². The summed E-state index contributed by atoms with van der Waals surface area (Å²) in [6.07, 6.45) is -0.375. The first-order valence-corrected chi connectivity index (χ1v) is 5.47. The standard InChI is InChI=1S/C12H24FNO/c1-11(2,3)8-7-9(13)10(15)14-12(4,5)6/h9H,7-8H2,1-6H3,(H,14,15)/t9-/m0/s1. The Labute approximate surface area is 92.6 Å². The third-order valence-electron chi connectivity index (χ3n) is 1.93. The third kappa shape index (κ3) is 8.40. The first-order valence-electron chi connectivity index (χ1n) is 5.47. The maximum absolute atomic E-state index is 13.4. The SMILES string of the molecule is CC(C)(C)CC[C@H](F)C(=O)NC(C)(C)C. The van der Waals surface area contributed by atoms with Crippen molar-refractivity contribution in [3.05, 3.63) is 0 Å². The van der Waals surface area contributed by atoms with E-state index in [1.54, 1.807) is 0 Å². The molecule has 0 rings (SSSR count). The van der Waals surface area contributed by atoms with Gasteiger partial charge in [0.25, 0.3) is 5.91 Å². The third-order valence-corrected chi connectivity index (χ3v) is 1.93. The summed E-state index contributed by atoms with van der Waals surface area (Å²) in [7, 11) is 0. The molecule has 0 heterocycles. The molecule has 1 N–H and O–H groups in total. The van der Waals surface area contributed by atoms with Crippen LogP contribution in [0.25, 0.3) is 0 Å². The molecule has 0 aliphatic carbocycles. The maximum atomic E-state index is 13.4. The van der Waals surface area contributed by atoms with E-state index in [4.69, 9.17) is 0 Å². The van der Waals surface area contributed by atoms with Crippen molar-refractivity contribution in [3.63, 3.8) is 0 Å². The second kappa shape index (κ2) is 4.95. The molecule has 0 aromatic rings. The predicted molar refractivity (Wildman–Crippen MR) is 61.5 cm³/mol. The van der Waals surface area contributed by atoms with Crippen LogP contribution in [0, 0.1) is 5.41 Å². The molecule has 0 radical (unpaired) electrons. The molecule has 15 heavy (non-hydrogen) atoms. The molecule has 0 saturated carbocycles. The summed E-state index contributed by atoms with van der Waals surface area (Å²) in [5, 5.41) is 2.64. The molecule has 1 atom stereocenters. The predicted octanol–water partition coefficient (Wildman–Crippen LogP) is 3.07. The molecular weight excluding hydrogens is 193 g/mol. The van der Waals surface area contributed by atoms with Gasteiger partial charge in [0.2, 0.25) is 0 Å². The fraction of sp³-hybridized carbons (Fsp3) is 0.917. The van der Waals surface area contributed by atoms with Crippen molar-refractivity contribution in [2.75, 3.05) is 0 Å². The highest BCUT2D eigenvalue weighted by molar-refractivity contribution is 5.81. The molecule has 0 aromatic carbocycles. The van der Waals surface area contributed by atoms with Gasteiger partial charge in [0.15, 0.2) is 6.17 Å². The van der Waals surface area contributed by atoms with E-state index in [-0.39, 0.29) is 11.0 Å². The van der Waals surface area contributed by atoms with Crippen LogP contribution in [0.4, 0.5) is 4.39 Å². The second-order valence-electron chi connectivity index (χ2n) is 6.31. The highest BCUT2D eigenvalue weighted by atomic mass is 19.1. The van der Waals surface area contributed by atoms with Crippen molar-refractivity contribution < 1.29 is 9.18 Å². The van der Waals surface area contributed by atoms with E-state index in [0.717, 1.165) is 0 Å². The van der Waals surface area contributed by atoms with Gasteiger partial charge in [-0.05, 0) is 39.0 Å². The van der Waals surface area contributed by atoms with Crippen molar-refractivity contribution in [3.8, 4) is 0 Å². The van der Waals surface area contributed by atoms with Gasteiger partial charge in [-0.15, -0.1) is 0 Å². The Hall–Kier alpha value is -0.600. The highest BCUT2D eigenvalue weighted by Gasteiger charge is 2.23. The molecule has 0 unspecified atom stereocenters. The Kier molecular flexibility index (Phi) is 4.75. The zero-order valence-corrected chi connectivity index (χ0v) is 10.8. The average Bonchev–Trinajstić information content (AvgIpc) is 1.95. The number of alkyl halides is 1. The molecule has 0 bridgehead atoms. The summed E-state index contributed by atoms with van der Waals surface area (Å²) in [6.45, 7) is 11.7. The van der Waals surface area contributed by atoms with Gasteiger partial charge in [0.1, 0.15) is 0 Å². The van der Waals surface area contributed by atoms with E-state index in [9.17, 15) is 9.18 Å². The summed E-state index contributed by atoms with van der Waals surface area (Å²) >= 11 is 0. The van der Waals surface area contributed by atoms with Crippen molar-refractivity contribution in [2.24, 2.45) is 5.41 Å². The fourth-order valence-corrected chi connectivity index (χ4v) is 1.14. The molecule has 0 aromatic heterocycles. The number of halogens is 1. The minimum absolute atomic E-state index is 0.0757. The second-order valence-corrected chi connectivity index (χ2v) is 6.31. The normalized spacial score (nSPS) is 14.9. The first-order chi connectivity index (χ1) is 6.51. The summed E-state index contributed by atoms with van der Waals surface area (Å²) in [6, 6.07) is 0. The maximum Gasteiger partial charge on any atom is 0.254 e. The Morgan fingerprint density at radius 2 is 1.67 bits per heavy atom. The van der Waals surface area contributed by atoms with Crippen LogP contribution in [0.2, 0.25) is 0 Å². The van der Waals surface area contributed by atoms with Gasteiger partial charge in [0, 0.05) is 5.54 Å². The summed E-state index contributed by atoms with van der Waals surface area (Å²) in [5.41, 5.74) is -0.282. The van der Waals surface area contributed by atoms with E-state index in [2.05, 4.69) is 5.32 Å². The van der Waals surface area contributed by atoms with Crippen LogP contribution in [-0.2, 0) is 4.79 Å². The van der Waals surface area contributed by atoms with Crippen molar-refractivity contribution >= 4 is 5.91 Å². The minimum Gasteiger partial charge on any atom is -0.349 e. The summed E-state index contributed by atoms with van der Waals surface area (Å²) in [4.78, 5) is 11.4. The number of hydrogen-bond donors (Lipinski definition) is 1. The molecule has 0 saturated heterocycles. The number of nitrogens with one attached hydrogen (secondary N) is 1. The van der Waals surface area contributed by atoms with E-state index >= 15 is 0 Å². The number of hydrogen-bond acceptors (Lipinski definition) is 1. The molecule has 3 heteroatoms. The zero-order valence-electron chi connectivity index (χ0n) is 10.8. The lowest BCUT2D eigenvalue weighted by Crippen LogP contribution is -2.44. The van der Waals surface area contributed by atoms with Crippen molar-refractivity contribution in [1.82, 2.24) is 5.32 Å². The van der Waals surface area contributed by atoms with Crippen LogP contribution >= 0.6 is 0 Å². The van der Waals surface area contributed by atoms with Crippen LogP contribution in [-0.4, -0.2) is 17.6 Å². The number of amides is 1. The molecule has 0 aliphatic heterocycles. The Bertz CT molecular complexity index is 213. The van der Waals surface area contributed by atoms with Crippen LogP contribution < -0.4 is 5.32 Å². The van der Waals surface area contributed by atoms with Crippen LogP contribution in [0.15, 0.2) is 0 Å². The monoisotopic (exact) mass is 217 g/mol. The van der Waals surface area contributed by atoms with E-state index in [1.165, 1.54) is 0 Å². The summed E-state index contributed by atoms with van der Waals surface area (Å²) in [5.74, 6) is -0.494. The Morgan fingerprint density at radius 3 is 2.00 bits per heavy atom. The smallest absolute Gasteiger partial charge is 0.254 e. The van der Waals surface area contributed by atoms with Gasteiger partial charge in [-0.3, -0.25) is 4.79 Å². The van der Waals surface area contributed by atoms with E-state index < -0.39 is 12.1 Å². The van der Waals surface area contributed by atoms with Gasteiger partial charge < -0.3 is 5.32 Å². The number of carbonyl (C=O) groups excluding carboxylic acids is 1. The fourth-order valence-electron chi connectivity index (χ4n) is 1.14.